The number of para-hydroxylation sites is 5. The molecule has 42 heavy (non-hydrogen) atoms. The van der Waals surface area contributed by atoms with Crippen molar-refractivity contribution in [1.29, 1.82) is 0 Å². The fourth-order valence-corrected chi connectivity index (χ4v) is 6.77. The average Bonchev–Trinajstić information content (AvgIpc) is 3.77. The summed E-state index contributed by atoms with van der Waals surface area (Å²) in [7, 11) is 0. The summed E-state index contributed by atoms with van der Waals surface area (Å²) in [5.74, 6) is 0.877. The van der Waals surface area contributed by atoms with Crippen LogP contribution >= 0.6 is 0 Å². The Balaban J connectivity index is 1.33. The molecule has 0 atom stereocenters. The largest absolute Gasteiger partial charge is 0.456 e. The van der Waals surface area contributed by atoms with Crippen molar-refractivity contribution in [3.63, 3.8) is 0 Å². The van der Waals surface area contributed by atoms with E-state index in [1.54, 1.807) is 0 Å². The van der Waals surface area contributed by atoms with Gasteiger partial charge in [0.05, 0.1) is 38.7 Å². The van der Waals surface area contributed by atoms with Gasteiger partial charge in [0.25, 0.3) is 0 Å². The molecule has 0 saturated heterocycles. The lowest BCUT2D eigenvalue weighted by Gasteiger charge is -2.09. The van der Waals surface area contributed by atoms with Crippen molar-refractivity contribution in [2.45, 2.75) is 0 Å². The third-order valence-corrected chi connectivity index (χ3v) is 8.50. The van der Waals surface area contributed by atoms with Gasteiger partial charge >= 0.3 is 0 Å². The minimum absolute atomic E-state index is 0.840. The van der Waals surface area contributed by atoms with E-state index < -0.39 is 0 Å². The maximum Gasteiger partial charge on any atom is 0.220 e. The standard InChI is InChI=1S/C36H21N5O/c1-3-12-27-23(9-1)24-10-8-20-37-35(24)39(27)22-18-19-32-25(21-22)34-31(16-7-17-33(34)42-32)41-30-15-6-5-14-29(30)40-28-13-4-2-11-26(28)38-36(40)41/h1-21H. The lowest BCUT2D eigenvalue weighted by Crippen LogP contribution is -1.97. The normalized spacial score (nSPS) is 12.3. The quantitative estimate of drug-likeness (QED) is 0.221. The zero-order valence-corrected chi connectivity index (χ0v) is 22.3. The van der Waals surface area contributed by atoms with Crippen LogP contribution in [0.3, 0.4) is 0 Å². The number of nitrogens with zero attached hydrogens (tertiary/aromatic N) is 5. The van der Waals surface area contributed by atoms with Gasteiger partial charge in [0.1, 0.15) is 16.8 Å². The van der Waals surface area contributed by atoms with Gasteiger partial charge in [0.2, 0.25) is 5.78 Å². The minimum atomic E-state index is 0.840. The van der Waals surface area contributed by atoms with Gasteiger partial charge in [-0.05, 0) is 72.8 Å². The number of fused-ring (bicyclic) bond motifs is 11. The van der Waals surface area contributed by atoms with Crippen LogP contribution in [0.4, 0.5) is 0 Å². The van der Waals surface area contributed by atoms with E-state index in [4.69, 9.17) is 14.4 Å². The second-order valence-electron chi connectivity index (χ2n) is 10.7. The average molecular weight is 540 g/mol. The Morgan fingerprint density at radius 3 is 2.26 bits per heavy atom. The van der Waals surface area contributed by atoms with Gasteiger partial charge < -0.3 is 4.42 Å². The predicted molar refractivity (Wildman–Crippen MR) is 169 cm³/mol. The molecule has 5 aromatic heterocycles. The molecule has 0 saturated carbocycles. The highest BCUT2D eigenvalue weighted by atomic mass is 16.3. The topological polar surface area (TPSA) is 53.2 Å². The summed E-state index contributed by atoms with van der Waals surface area (Å²) in [6.45, 7) is 0. The summed E-state index contributed by atoms with van der Waals surface area (Å²) in [5.41, 5.74) is 10.1. The monoisotopic (exact) mass is 539 g/mol. The van der Waals surface area contributed by atoms with Crippen molar-refractivity contribution in [2.24, 2.45) is 0 Å². The molecule has 0 radical (unpaired) electrons. The second kappa shape index (κ2) is 7.86. The number of hydrogen-bond donors (Lipinski definition) is 0. The van der Waals surface area contributed by atoms with Crippen molar-refractivity contribution in [3.8, 4) is 11.4 Å². The molecule has 10 rings (SSSR count). The van der Waals surface area contributed by atoms with Crippen LogP contribution in [0.5, 0.6) is 0 Å². The van der Waals surface area contributed by atoms with Crippen LogP contribution in [0.2, 0.25) is 0 Å². The van der Waals surface area contributed by atoms with Gasteiger partial charge in [-0.2, -0.15) is 0 Å². The molecule has 0 bridgehead atoms. The maximum absolute atomic E-state index is 6.46. The molecule has 0 amide bonds. The fourth-order valence-electron chi connectivity index (χ4n) is 6.77. The van der Waals surface area contributed by atoms with Gasteiger partial charge in [0.15, 0.2) is 0 Å². The van der Waals surface area contributed by atoms with E-state index in [0.29, 0.717) is 0 Å². The Labute approximate surface area is 238 Å². The molecular weight excluding hydrogens is 518 g/mol. The molecule has 6 nitrogen and oxygen atoms in total. The first-order valence-corrected chi connectivity index (χ1v) is 14.0. The van der Waals surface area contributed by atoms with Crippen LogP contribution in [0.15, 0.2) is 132 Å². The molecule has 6 heteroatoms. The molecule has 0 aliphatic carbocycles. The molecule has 0 fully saturated rings. The van der Waals surface area contributed by atoms with Gasteiger partial charge in [-0.15, -0.1) is 0 Å². The molecule has 0 spiro atoms. The smallest absolute Gasteiger partial charge is 0.220 e. The summed E-state index contributed by atoms with van der Waals surface area (Å²) in [6.07, 6.45) is 1.86. The van der Waals surface area contributed by atoms with Crippen molar-refractivity contribution in [3.05, 3.63) is 128 Å². The fraction of sp³-hybridized carbons (Fsp3) is 0. The predicted octanol–water partition coefficient (Wildman–Crippen LogP) is 8.82. The zero-order chi connectivity index (χ0) is 27.4. The van der Waals surface area contributed by atoms with Gasteiger partial charge in [-0.25, -0.2) is 9.97 Å². The molecule has 0 N–H and O–H groups in total. The van der Waals surface area contributed by atoms with E-state index in [1.807, 2.05) is 24.4 Å². The van der Waals surface area contributed by atoms with E-state index in [-0.39, 0.29) is 0 Å². The zero-order valence-electron chi connectivity index (χ0n) is 22.3. The Morgan fingerprint density at radius 1 is 0.548 bits per heavy atom. The number of benzene rings is 5. The second-order valence-corrected chi connectivity index (χ2v) is 10.7. The van der Waals surface area contributed by atoms with Crippen LogP contribution in [0, 0.1) is 0 Å². The van der Waals surface area contributed by atoms with E-state index in [2.05, 4.69) is 117 Å². The first-order chi connectivity index (χ1) is 20.8. The Morgan fingerprint density at radius 2 is 1.33 bits per heavy atom. The lowest BCUT2D eigenvalue weighted by atomic mass is 10.1. The summed E-state index contributed by atoms with van der Waals surface area (Å²) >= 11 is 0. The highest BCUT2D eigenvalue weighted by Crippen LogP contribution is 2.39. The molecule has 5 aromatic carbocycles. The van der Waals surface area contributed by atoms with E-state index in [9.17, 15) is 0 Å². The maximum atomic E-state index is 6.46. The number of hydrogen-bond acceptors (Lipinski definition) is 3. The van der Waals surface area contributed by atoms with E-state index in [0.717, 1.165) is 77.7 Å². The summed E-state index contributed by atoms with van der Waals surface area (Å²) < 4.78 is 13.2. The summed E-state index contributed by atoms with van der Waals surface area (Å²) in [4.78, 5) is 9.91. The molecule has 196 valence electrons. The molecule has 5 heterocycles. The van der Waals surface area contributed by atoms with Crippen molar-refractivity contribution in [1.82, 2.24) is 23.5 Å². The Hall–Kier alpha value is -5.88. The SMILES string of the molecule is c1ccc2c(c1)nc1n(-c3cccc4oc5ccc(-n6c7ccccc7c7cccnc76)cc5c34)c3ccccc3n21. The molecule has 0 aliphatic rings. The number of aromatic nitrogens is 5. The minimum Gasteiger partial charge on any atom is -0.456 e. The van der Waals surface area contributed by atoms with Crippen LogP contribution < -0.4 is 0 Å². The number of furan rings is 1. The van der Waals surface area contributed by atoms with E-state index in [1.165, 1.54) is 5.39 Å². The van der Waals surface area contributed by atoms with Crippen LogP contribution in [-0.4, -0.2) is 23.5 Å². The summed E-state index contributed by atoms with van der Waals surface area (Å²) in [6, 6.07) is 42.1. The highest BCUT2D eigenvalue weighted by Gasteiger charge is 2.21. The van der Waals surface area contributed by atoms with Crippen molar-refractivity contribution < 1.29 is 4.42 Å². The molecule has 10 aromatic rings. The summed E-state index contributed by atoms with van der Waals surface area (Å²) in [5, 5.41) is 4.43. The van der Waals surface area contributed by atoms with Crippen LogP contribution in [-0.2, 0) is 0 Å². The first-order valence-electron chi connectivity index (χ1n) is 14.0. The third-order valence-electron chi connectivity index (χ3n) is 8.50. The number of pyridine rings is 1. The van der Waals surface area contributed by atoms with Gasteiger partial charge in [0, 0.05) is 28.0 Å². The highest BCUT2D eigenvalue weighted by molar-refractivity contribution is 6.12. The van der Waals surface area contributed by atoms with Crippen LogP contribution in [0.25, 0.3) is 83.1 Å². The lowest BCUT2D eigenvalue weighted by molar-refractivity contribution is 0.669. The first kappa shape index (κ1) is 21.9. The Bertz CT molecular complexity index is 2650. The Kier molecular flexibility index (Phi) is 4.10. The van der Waals surface area contributed by atoms with Crippen molar-refractivity contribution >= 4 is 71.7 Å². The number of rotatable bonds is 2. The van der Waals surface area contributed by atoms with E-state index >= 15 is 0 Å². The van der Waals surface area contributed by atoms with Crippen LogP contribution in [0.1, 0.15) is 0 Å². The third kappa shape index (κ3) is 2.73. The molecule has 0 aliphatic heterocycles. The molecule has 0 unspecified atom stereocenters. The van der Waals surface area contributed by atoms with Gasteiger partial charge in [-0.3, -0.25) is 13.5 Å². The van der Waals surface area contributed by atoms with Gasteiger partial charge in [-0.1, -0.05) is 48.5 Å². The van der Waals surface area contributed by atoms with Crippen molar-refractivity contribution in [2.75, 3.05) is 0 Å². The molecular formula is C36H21N5O. The number of imidazole rings is 2.